The number of aryl methyl sites for hydroxylation is 3. The maximum absolute atomic E-state index is 9.44. The predicted molar refractivity (Wildman–Crippen MR) is 83.7 cm³/mol. The van der Waals surface area contributed by atoms with Crippen LogP contribution in [0.3, 0.4) is 0 Å². The molecule has 2 aromatic carbocycles. The number of hydrogen-bond acceptors (Lipinski definition) is 1. The van der Waals surface area contributed by atoms with Crippen molar-refractivity contribution >= 4 is 0 Å². The fourth-order valence-electron chi connectivity index (χ4n) is 2.58. The Labute approximate surface area is 121 Å². The molecule has 1 atom stereocenters. The SMILES string of the molecule is Cc1ccc(C)c(C(C#N)CCCc2ccccc2)c1. The Morgan fingerprint density at radius 2 is 1.80 bits per heavy atom. The number of benzene rings is 2. The number of hydrogen-bond donors (Lipinski definition) is 0. The lowest BCUT2D eigenvalue weighted by Crippen LogP contribution is -2.00. The van der Waals surface area contributed by atoms with Gasteiger partial charge in [0.05, 0.1) is 12.0 Å². The van der Waals surface area contributed by atoms with Gasteiger partial charge in [0.25, 0.3) is 0 Å². The Bertz CT molecular complexity index is 593. The van der Waals surface area contributed by atoms with Gasteiger partial charge >= 0.3 is 0 Å². The van der Waals surface area contributed by atoms with Crippen LogP contribution in [0.15, 0.2) is 48.5 Å². The minimum atomic E-state index is 0.0126. The molecule has 0 radical (unpaired) electrons. The molecule has 0 bridgehead atoms. The van der Waals surface area contributed by atoms with Gasteiger partial charge in [0.2, 0.25) is 0 Å². The summed E-state index contributed by atoms with van der Waals surface area (Å²) in [5.41, 5.74) is 5.00. The van der Waals surface area contributed by atoms with Crippen molar-refractivity contribution in [3.05, 3.63) is 70.8 Å². The summed E-state index contributed by atoms with van der Waals surface area (Å²) in [7, 11) is 0. The zero-order valence-electron chi connectivity index (χ0n) is 12.3. The highest BCUT2D eigenvalue weighted by Crippen LogP contribution is 2.25. The molecular formula is C19H21N. The zero-order valence-corrected chi connectivity index (χ0v) is 12.3. The van der Waals surface area contributed by atoms with E-state index in [4.69, 9.17) is 0 Å². The van der Waals surface area contributed by atoms with Crippen LogP contribution in [0.4, 0.5) is 0 Å². The highest BCUT2D eigenvalue weighted by Gasteiger charge is 2.13. The largest absolute Gasteiger partial charge is 0.198 e. The van der Waals surface area contributed by atoms with Gasteiger partial charge in [-0.3, -0.25) is 0 Å². The molecule has 0 aliphatic rings. The van der Waals surface area contributed by atoms with Crippen LogP contribution in [0.1, 0.15) is 41.0 Å². The van der Waals surface area contributed by atoms with E-state index in [2.05, 4.69) is 62.4 Å². The third kappa shape index (κ3) is 3.71. The summed E-state index contributed by atoms with van der Waals surface area (Å²) in [5, 5.41) is 9.44. The van der Waals surface area contributed by atoms with Crippen molar-refractivity contribution in [1.82, 2.24) is 0 Å². The molecule has 0 amide bonds. The second-order valence-corrected chi connectivity index (χ2v) is 5.42. The Hall–Kier alpha value is -2.07. The quantitative estimate of drug-likeness (QED) is 0.750. The second-order valence-electron chi connectivity index (χ2n) is 5.42. The van der Waals surface area contributed by atoms with Crippen LogP contribution in [0.5, 0.6) is 0 Å². The molecule has 0 saturated carbocycles. The first-order chi connectivity index (χ1) is 9.70. The van der Waals surface area contributed by atoms with Gasteiger partial charge in [0.15, 0.2) is 0 Å². The number of rotatable bonds is 5. The van der Waals surface area contributed by atoms with E-state index in [-0.39, 0.29) is 5.92 Å². The van der Waals surface area contributed by atoms with Crippen LogP contribution >= 0.6 is 0 Å². The fraction of sp³-hybridized carbons (Fsp3) is 0.316. The molecule has 2 rings (SSSR count). The first-order valence-corrected chi connectivity index (χ1v) is 7.21. The first-order valence-electron chi connectivity index (χ1n) is 7.21. The van der Waals surface area contributed by atoms with Crippen molar-refractivity contribution in [3.63, 3.8) is 0 Å². The Morgan fingerprint density at radius 3 is 2.50 bits per heavy atom. The molecule has 102 valence electrons. The molecule has 0 N–H and O–H groups in total. The van der Waals surface area contributed by atoms with Gasteiger partial charge in [-0.15, -0.1) is 0 Å². The van der Waals surface area contributed by atoms with Gasteiger partial charge in [0, 0.05) is 0 Å². The van der Waals surface area contributed by atoms with Crippen LogP contribution < -0.4 is 0 Å². The Kier molecular flexibility index (Phi) is 4.96. The molecule has 0 fully saturated rings. The standard InChI is InChI=1S/C19H21N/c1-15-11-12-16(2)19(13-15)18(14-20)10-6-9-17-7-4-3-5-8-17/h3-5,7-8,11-13,18H,6,9-10H2,1-2H3. The summed E-state index contributed by atoms with van der Waals surface area (Å²) in [5.74, 6) is 0.0126. The molecule has 1 heteroatoms. The van der Waals surface area contributed by atoms with Crippen LogP contribution in [0, 0.1) is 25.2 Å². The van der Waals surface area contributed by atoms with E-state index in [1.165, 1.54) is 22.3 Å². The van der Waals surface area contributed by atoms with E-state index in [0.29, 0.717) is 0 Å². The fourth-order valence-corrected chi connectivity index (χ4v) is 2.58. The summed E-state index contributed by atoms with van der Waals surface area (Å²) in [6.07, 6.45) is 3.02. The predicted octanol–water partition coefficient (Wildman–Crippen LogP) is 4.93. The lowest BCUT2D eigenvalue weighted by molar-refractivity contribution is 0.681. The molecule has 20 heavy (non-hydrogen) atoms. The van der Waals surface area contributed by atoms with E-state index >= 15 is 0 Å². The number of nitrogens with zero attached hydrogens (tertiary/aromatic N) is 1. The van der Waals surface area contributed by atoms with E-state index < -0.39 is 0 Å². The van der Waals surface area contributed by atoms with Gasteiger partial charge in [0.1, 0.15) is 0 Å². The third-order valence-electron chi connectivity index (χ3n) is 3.77. The zero-order chi connectivity index (χ0) is 14.4. The van der Waals surface area contributed by atoms with Gasteiger partial charge in [-0.1, -0.05) is 54.1 Å². The van der Waals surface area contributed by atoms with Gasteiger partial charge < -0.3 is 0 Å². The van der Waals surface area contributed by atoms with Crippen LogP contribution in [-0.4, -0.2) is 0 Å². The molecular weight excluding hydrogens is 242 g/mol. The molecule has 2 aromatic rings. The number of nitriles is 1. The van der Waals surface area contributed by atoms with E-state index in [9.17, 15) is 5.26 Å². The van der Waals surface area contributed by atoms with Gasteiger partial charge in [-0.25, -0.2) is 0 Å². The average molecular weight is 263 g/mol. The van der Waals surface area contributed by atoms with Crippen molar-refractivity contribution in [1.29, 1.82) is 5.26 Å². The monoisotopic (exact) mass is 263 g/mol. The molecule has 0 aliphatic heterocycles. The summed E-state index contributed by atoms with van der Waals surface area (Å²) in [6, 6.07) is 19.3. The summed E-state index contributed by atoms with van der Waals surface area (Å²) in [4.78, 5) is 0. The molecule has 0 saturated heterocycles. The van der Waals surface area contributed by atoms with Gasteiger partial charge in [-0.05, 0) is 49.8 Å². The first kappa shape index (κ1) is 14.3. The van der Waals surface area contributed by atoms with E-state index in [1.807, 2.05) is 6.07 Å². The van der Waals surface area contributed by atoms with Gasteiger partial charge in [-0.2, -0.15) is 5.26 Å². The molecule has 0 heterocycles. The maximum Gasteiger partial charge on any atom is 0.0715 e. The lowest BCUT2D eigenvalue weighted by atomic mass is 9.90. The summed E-state index contributed by atoms with van der Waals surface area (Å²) >= 11 is 0. The van der Waals surface area contributed by atoms with Crippen LogP contribution in [0.2, 0.25) is 0 Å². The second kappa shape index (κ2) is 6.91. The third-order valence-corrected chi connectivity index (χ3v) is 3.77. The van der Waals surface area contributed by atoms with Crippen molar-refractivity contribution in [3.8, 4) is 6.07 Å². The Balaban J connectivity index is 1.99. The van der Waals surface area contributed by atoms with Crippen LogP contribution in [-0.2, 0) is 6.42 Å². The lowest BCUT2D eigenvalue weighted by Gasteiger charge is -2.13. The van der Waals surface area contributed by atoms with E-state index in [1.54, 1.807) is 0 Å². The molecule has 0 spiro atoms. The van der Waals surface area contributed by atoms with E-state index in [0.717, 1.165) is 19.3 Å². The minimum absolute atomic E-state index is 0.0126. The molecule has 0 aromatic heterocycles. The van der Waals surface area contributed by atoms with Crippen molar-refractivity contribution in [2.24, 2.45) is 0 Å². The smallest absolute Gasteiger partial charge is 0.0715 e. The summed E-state index contributed by atoms with van der Waals surface area (Å²) < 4.78 is 0. The minimum Gasteiger partial charge on any atom is -0.198 e. The highest BCUT2D eigenvalue weighted by atomic mass is 14.3. The van der Waals surface area contributed by atoms with Crippen molar-refractivity contribution < 1.29 is 0 Å². The molecule has 1 nitrogen and oxygen atoms in total. The molecule has 0 aliphatic carbocycles. The topological polar surface area (TPSA) is 23.8 Å². The average Bonchev–Trinajstić information content (AvgIpc) is 2.48. The maximum atomic E-state index is 9.44. The van der Waals surface area contributed by atoms with Crippen molar-refractivity contribution in [2.75, 3.05) is 0 Å². The normalized spacial score (nSPS) is 11.8. The Morgan fingerprint density at radius 1 is 1.05 bits per heavy atom. The highest BCUT2D eigenvalue weighted by molar-refractivity contribution is 5.36. The summed E-state index contributed by atoms with van der Waals surface area (Å²) in [6.45, 7) is 4.18. The van der Waals surface area contributed by atoms with Crippen molar-refractivity contribution in [2.45, 2.75) is 39.0 Å². The molecule has 1 unspecified atom stereocenters. The van der Waals surface area contributed by atoms with Crippen LogP contribution in [0.25, 0.3) is 0 Å².